The number of aliphatic hydroxyl groups is 1. The quantitative estimate of drug-likeness (QED) is 0.756. The van der Waals surface area contributed by atoms with E-state index in [-0.39, 0.29) is 18.6 Å². The number of rotatable bonds is 5. The lowest BCUT2D eigenvalue weighted by Gasteiger charge is -2.14. The number of hydrogen-bond donors (Lipinski definition) is 2. The van der Waals surface area contributed by atoms with E-state index in [2.05, 4.69) is 15.6 Å². The van der Waals surface area contributed by atoms with Crippen LogP contribution in [0.1, 0.15) is 18.5 Å². The zero-order valence-corrected chi connectivity index (χ0v) is 13.3. The van der Waals surface area contributed by atoms with Gasteiger partial charge in [0.25, 0.3) is 0 Å². The first-order valence-corrected chi connectivity index (χ1v) is 7.63. The molecule has 0 fully saturated rings. The van der Waals surface area contributed by atoms with Gasteiger partial charge in [-0.1, -0.05) is 47.7 Å². The molecule has 1 amide bonds. The molecule has 0 bridgehead atoms. The van der Waals surface area contributed by atoms with Crippen molar-refractivity contribution in [3.63, 3.8) is 0 Å². The van der Waals surface area contributed by atoms with Crippen LogP contribution in [0.4, 0.5) is 5.69 Å². The van der Waals surface area contributed by atoms with Crippen molar-refractivity contribution in [3.8, 4) is 11.3 Å². The van der Waals surface area contributed by atoms with E-state index in [0.717, 1.165) is 11.1 Å². The van der Waals surface area contributed by atoms with E-state index in [0.29, 0.717) is 11.4 Å². The summed E-state index contributed by atoms with van der Waals surface area (Å²) in [6.07, 6.45) is 1.79. The van der Waals surface area contributed by atoms with Crippen molar-refractivity contribution in [2.75, 3.05) is 11.9 Å². The maximum absolute atomic E-state index is 11.2. The van der Waals surface area contributed by atoms with Gasteiger partial charge in [-0.3, -0.25) is 4.79 Å². The Morgan fingerprint density at radius 2 is 2.00 bits per heavy atom. The number of hydrogen-bond acceptors (Lipinski definition) is 4. The molecule has 0 saturated heterocycles. The summed E-state index contributed by atoms with van der Waals surface area (Å²) in [6, 6.07) is 16.8. The Morgan fingerprint density at radius 1 is 1.21 bits per heavy atom. The molecule has 0 unspecified atom stereocenters. The van der Waals surface area contributed by atoms with Crippen molar-refractivity contribution in [3.05, 3.63) is 66.4 Å². The molecule has 122 valence electrons. The Morgan fingerprint density at radius 3 is 2.71 bits per heavy atom. The van der Waals surface area contributed by atoms with Crippen molar-refractivity contribution in [1.29, 1.82) is 0 Å². The van der Waals surface area contributed by atoms with Gasteiger partial charge in [-0.15, -0.1) is 5.10 Å². The lowest BCUT2D eigenvalue weighted by Crippen LogP contribution is -2.15. The maximum atomic E-state index is 11.2. The first kappa shape index (κ1) is 15.9. The van der Waals surface area contributed by atoms with Crippen LogP contribution >= 0.6 is 0 Å². The van der Waals surface area contributed by atoms with E-state index in [4.69, 9.17) is 0 Å². The summed E-state index contributed by atoms with van der Waals surface area (Å²) in [4.78, 5) is 11.2. The third-order valence-corrected chi connectivity index (χ3v) is 3.67. The summed E-state index contributed by atoms with van der Waals surface area (Å²) >= 11 is 0. The minimum atomic E-state index is -0.286. The van der Waals surface area contributed by atoms with Crippen LogP contribution in [0.2, 0.25) is 0 Å². The van der Waals surface area contributed by atoms with E-state index in [1.165, 1.54) is 6.92 Å². The molecule has 0 radical (unpaired) electrons. The van der Waals surface area contributed by atoms with E-state index < -0.39 is 0 Å². The average Bonchev–Trinajstić information content (AvgIpc) is 3.06. The Bertz CT molecular complexity index is 830. The summed E-state index contributed by atoms with van der Waals surface area (Å²) in [7, 11) is 0. The SMILES string of the molecule is CC(=O)Nc1cccc(-c2cn([C@H](CO)c3ccccc3)nn2)c1. The standard InChI is InChI=1S/C18H18N4O2/c1-13(24)19-16-9-5-8-15(10-16)17-11-22(21-20-17)18(12-23)14-6-3-2-4-7-14/h2-11,18,23H,12H2,1H3,(H,19,24)/t18-/m1/s1. The predicted octanol–water partition coefficient (Wildman–Crippen LogP) is 2.49. The van der Waals surface area contributed by atoms with Crippen LogP contribution in [0.5, 0.6) is 0 Å². The molecule has 3 aromatic rings. The first-order chi connectivity index (χ1) is 11.7. The Hall–Kier alpha value is -2.99. The molecular weight excluding hydrogens is 304 g/mol. The van der Waals surface area contributed by atoms with Gasteiger partial charge in [-0.25, -0.2) is 4.68 Å². The summed E-state index contributed by atoms with van der Waals surface area (Å²) in [5, 5.41) is 20.8. The third-order valence-electron chi connectivity index (χ3n) is 3.67. The van der Waals surface area contributed by atoms with Crippen LogP contribution in [-0.2, 0) is 4.79 Å². The molecule has 24 heavy (non-hydrogen) atoms. The molecule has 0 aliphatic carbocycles. The molecule has 1 heterocycles. The number of carbonyl (C=O) groups is 1. The third kappa shape index (κ3) is 3.49. The van der Waals surface area contributed by atoms with E-state index in [1.807, 2.05) is 54.6 Å². The van der Waals surface area contributed by atoms with Crippen molar-refractivity contribution in [1.82, 2.24) is 15.0 Å². The second-order valence-electron chi connectivity index (χ2n) is 5.45. The number of nitrogens with one attached hydrogen (secondary N) is 1. The highest BCUT2D eigenvalue weighted by atomic mass is 16.3. The van der Waals surface area contributed by atoms with Crippen molar-refractivity contribution < 1.29 is 9.90 Å². The molecule has 6 nitrogen and oxygen atoms in total. The summed E-state index contributed by atoms with van der Waals surface area (Å²) in [6.45, 7) is 1.40. The molecule has 6 heteroatoms. The Kier molecular flexibility index (Phi) is 4.67. The number of carbonyl (C=O) groups excluding carboxylic acids is 1. The highest BCUT2D eigenvalue weighted by molar-refractivity contribution is 5.89. The smallest absolute Gasteiger partial charge is 0.221 e. The fourth-order valence-corrected chi connectivity index (χ4v) is 2.54. The van der Waals surface area contributed by atoms with Gasteiger partial charge in [0, 0.05) is 18.2 Å². The maximum Gasteiger partial charge on any atom is 0.221 e. The molecule has 1 aromatic heterocycles. The Balaban J connectivity index is 1.89. The minimum Gasteiger partial charge on any atom is -0.394 e. The fourth-order valence-electron chi connectivity index (χ4n) is 2.54. The zero-order chi connectivity index (χ0) is 16.9. The molecule has 0 spiro atoms. The number of nitrogens with zero attached hydrogens (tertiary/aromatic N) is 3. The number of benzene rings is 2. The number of aliphatic hydroxyl groups excluding tert-OH is 1. The van der Waals surface area contributed by atoms with Gasteiger partial charge in [-0.2, -0.15) is 0 Å². The zero-order valence-electron chi connectivity index (χ0n) is 13.3. The molecule has 1 atom stereocenters. The van der Waals surface area contributed by atoms with Gasteiger partial charge in [0.1, 0.15) is 11.7 Å². The first-order valence-electron chi connectivity index (χ1n) is 7.63. The topological polar surface area (TPSA) is 80.0 Å². The van der Waals surface area contributed by atoms with Gasteiger partial charge in [0.15, 0.2) is 0 Å². The van der Waals surface area contributed by atoms with Crippen molar-refractivity contribution in [2.24, 2.45) is 0 Å². The van der Waals surface area contributed by atoms with E-state index >= 15 is 0 Å². The summed E-state index contributed by atoms with van der Waals surface area (Å²) < 4.78 is 1.65. The van der Waals surface area contributed by atoms with Crippen molar-refractivity contribution >= 4 is 11.6 Å². The number of aromatic nitrogens is 3. The van der Waals surface area contributed by atoms with Gasteiger partial charge in [-0.05, 0) is 17.7 Å². The number of anilines is 1. The van der Waals surface area contributed by atoms with Crippen LogP contribution in [0.3, 0.4) is 0 Å². The van der Waals surface area contributed by atoms with E-state index in [9.17, 15) is 9.90 Å². The normalized spacial score (nSPS) is 11.9. The largest absolute Gasteiger partial charge is 0.394 e. The van der Waals surface area contributed by atoms with Gasteiger partial charge in [0.05, 0.1) is 12.8 Å². The van der Waals surface area contributed by atoms with Crippen LogP contribution < -0.4 is 5.32 Å². The highest BCUT2D eigenvalue weighted by Crippen LogP contribution is 2.23. The fraction of sp³-hybridized carbons (Fsp3) is 0.167. The van der Waals surface area contributed by atoms with Gasteiger partial charge >= 0.3 is 0 Å². The van der Waals surface area contributed by atoms with Gasteiger partial charge < -0.3 is 10.4 Å². The minimum absolute atomic E-state index is 0.0707. The van der Waals surface area contributed by atoms with Crippen molar-refractivity contribution in [2.45, 2.75) is 13.0 Å². The average molecular weight is 322 g/mol. The summed E-state index contributed by atoms with van der Waals surface area (Å²) in [5.74, 6) is -0.125. The van der Waals surface area contributed by atoms with Crippen LogP contribution in [-0.4, -0.2) is 32.6 Å². The summed E-state index contributed by atoms with van der Waals surface area (Å²) in [5.41, 5.74) is 3.19. The monoisotopic (exact) mass is 322 g/mol. The molecule has 0 aliphatic rings. The highest BCUT2D eigenvalue weighted by Gasteiger charge is 2.15. The molecular formula is C18H18N4O2. The Labute approximate surface area is 139 Å². The number of amides is 1. The lowest BCUT2D eigenvalue weighted by molar-refractivity contribution is -0.114. The molecule has 3 rings (SSSR count). The second kappa shape index (κ2) is 7.06. The van der Waals surface area contributed by atoms with Crippen LogP contribution in [0, 0.1) is 0 Å². The molecule has 2 aromatic carbocycles. The second-order valence-corrected chi connectivity index (χ2v) is 5.45. The van der Waals surface area contributed by atoms with E-state index in [1.54, 1.807) is 10.9 Å². The van der Waals surface area contributed by atoms with Crippen LogP contribution in [0.25, 0.3) is 11.3 Å². The molecule has 0 saturated carbocycles. The van der Waals surface area contributed by atoms with Crippen LogP contribution in [0.15, 0.2) is 60.8 Å². The van der Waals surface area contributed by atoms with Gasteiger partial charge in [0.2, 0.25) is 5.91 Å². The molecule has 0 aliphatic heterocycles. The lowest BCUT2D eigenvalue weighted by atomic mass is 10.1. The predicted molar refractivity (Wildman–Crippen MR) is 91.4 cm³/mol. The molecule has 2 N–H and O–H groups in total.